The molecule has 0 saturated carbocycles. The zero-order chi connectivity index (χ0) is 12.6. The Labute approximate surface area is 99.2 Å². The molecule has 1 aliphatic heterocycles. The Morgan fingerprint density at radius 2 is 2.24 bits per heavy atom. The first kappa shape index (κ1) is 12.3. The third-order valence-corrected chi connectivity index (χ3v) is 4.22. The lowest BCUT2D eigenvalue weighted by atomic mass is 10.1. The first-order chi connectivity index (χ1) is 7.87. The molecule has 0 radical (unpaired) electrons. The van der Waals surface area contributed by atoms with Gasteiger partial charge in [-0.3, -0.25) is 4.79 Å². The van der Waals surface area contributed by atoms with Crippen molar-refractivity contribution in [3.63, 3.8) is 0 Å². The maximum atomic E-state index is 11.7. The van der Waals surface area contributed by atoms with E-state index in [0.29, 0.717) is 23.5 Å². The summed E-state index contributed by atoms with van der Waals surface area (Å²) in [6, 6.07) is -0.128. The van der Waals surface area contributed by atoms with Crippen LogP contribution in [0.2, 0.25) is 0 Å². The first-order valence-corrected chi connectivity index (χ1v) is 7.26. The average Bonchev–Trinajstić information content (AvgIpc) is 2.13. The van der Waals surface area contributed by atoms with Crippen LogP contribution in [-0.4, -0.2) is 30.2 Å². The highest BCUT2D eigenvalue weighted by Crippen LogP contribution is 2.15. The maximum Gasteiger partial charge on any atom is 0.254 e. The third kappa shape index (κ3) is 2.73. The zero-order valence-corrected chi connectivity index (χ0v) is 10.4. The van der Waals surface area contributed by atoms with Crippen LogP contribution in [0.5, 0.6) is 0 Å². The normalized spacial score (nSPS) is 19.6. The Balaban J connectivity index is 2.45. The van der Waals surface area contributed by atoms with Gasteiger partial charge in [-0.25, -0.2) is 13.4 Å². The van der Waals surface area contributed by atoms with Crippen molar-refractivity contribution in [1.82, 2.24) is 9.97 Å². The highest BCUT2D eigenvalue weighted by atomic mass is 32.2. The molecule has 1 unspecified atom stereocenters. The molecule has 0 aromatic carbocycles. The fourth-order valence-electron chi connectivity index (χ4n) is 1.91. The summed E-state index contributed by atoms with van der Waals surface area (Å²) in [7, 11) is -3.10. The molecule has 0 amide bonds. The van der Waals surface area contributed by atoms with Crippen molar-refractivity contribution in [3.8, 4) is 0 Å². The van der Waals surface area contributed by atoms with E-state index in [9.17, 15) is 13.2 Å². The van der Waals surface area contributed by atoms with Crippen molar-refractivity contribution < 1.29 is 8.42 Å². The standard InChI is InChI=1S/C10H15N3O3S/c1-6(11)4-9-12-8-5-17(15,16)3-2-7(8)10(14)13-9/h6H,2-5,11H2,1H3,(H,12,13,14). The summed E-state index contributed by atoms with van der Waals surface area (Å²) in [6.07, 6.45) is 0.682. The highest BCUT2D eigenvalue weighted by molar-refractivity contribution is 7.90. The van der Waals surface area contributed by atoms with Gasteiger partial charge in [0.15, 0.2) is 9.84 Å². The predicted molar refractivity (Wildman–Crippen MR) is 63.4 cm³/mol. The summed E-state index contributed by atoms with van der Waals surface area (Å²) >= 11 is 0. The van der Waals surface area contributed by atoms with E-state index in [4.69, 9.17) is 5.73 Å². The smallest absolute Gasteiger partial charge is 0.254 e. The molecule has 0 spiro atoms. The van der Waals surface area contributed by atoms with Crippen LogP contribution in [0.25, 0.3) is 0 Å². The Hall–Kier alpha value is -1.21. The summed E-state index contributed by atoms with van der Waals surface area (Å²) in [5.41, 5.74) is 6.27. The van der Waals surface area contributed by atoms with Gasteiger partial charge in [0.2, 0.25) is 0 Å². The van der Waals surface area contributed by atoms with Crippen LogP contribution in [0.3, 0.4) is 0 Å². The largest absolute Gasteiger partial charge is 0.328 e. The van der Waals surface area contributed by atoms with E-state index in [-0.39, 0.29) is 29.5 Å². The highest BCUT2D eigenvalue weighted by Gasteiger charge is 2.25. The monoisotopic (exact) mass is 257 g/mol. The van der Waals surface area contributed by atoms with Crippen LogP contribution in [0, 0.1) is 0 Å². The molecule has 1 atom stereocenters. The van der Waals surface area contributed by atoms with E-state index in [0.717, 1.165) is 0 Å². The lowest BCUT2D eigenvalue weighted by Gasteiger charge is -2.15. The zero-order valence-electron chi connectivity index (χ0n) is 9.56. The molecule has 1 aromatic heterocycles. The minimum Gasteiger partial charge on any atom is -0.328 e. The van der Waals surface area contributed by atoms with E-state index < -0.39 is 9.84 Å². The number of hydrogen-bond acceptors (Lipinski definition) is 5. The quantitative estimate of drug-likeness (QED) is 0.716. The number of nitrogens with one attached hydrogen (secondary N) is 1. The maximum absolute atomic E-state index is 11.7. The summed E-state index contributed by atoms with van der Waals surface area (Å²) in [5, 5.41) is 0. The number of hydrogen-bond donors (Lipinski definition) is 2. The van der Waals surface area contributed by atoms with Crippen LogP contribution in [-0.2, 0) is 28.4 Å². The molecule has 1 aromatic rings. The lowest BCUT2D eigenvalue weighted by molar-refractivity contribution is 0.589. The summed E-state index contributed by atoms with van der Waals surface area (Å²) < 4.78 is 23.0. The van der Waals surface area contributed by atoms with E-state index in [1.165, 1.54) is 0 Å². The second-order valence-electron chi connectivity index (χ2n) is 4.46. The number of nitrogens with zero attached hydrogens (tertiary/aromatic N) is 1. The Morgan fingerprint density at radius 3 is 2.88 bits per heavy atom. The van der Waals surface area contributed by atoms with Crippen LogP contribution in [0.1, 0.15) is 24.0 Å². The van der Waals surface area contributed by atoms with E-state index >= 15 is 0 Å². The van der Waals surface area contributed by atoms with Gasteiger partial charge >= 0.3 is 0 Å². The molecular formula is C10H15N3O3S. The van der Waals surface area contributed by atoms with Gasteiger partial charge in [-0.1, -0.05) is 0 Å². The van der Waals surface area contributed by atoms with Crippen molar-refractivity contribution in [3.05, 3.63) is 27.4 Å². The van der Waals surface area contributed by atoms with E-state index in [1.54, 1.807) is 6.92 Å². The fourth-order valence-corrected chi connectivity index (χ4v) is 3.23. The number of fused-ring (bicyclic) bond motifs is 1. The van der Waals surface area contributed by atoms with E-state index in [2.05, 4.69) is 9.97 Å². The van der Waals surface area contributed by atoms with Crippen LogP contribution in [0.4, 0.5) is 0 Å². The van der Waals surface area contributed by atoms with Gasteiger partial charge in [0.25, 0.3) is 5.56 Å². The number of nitrogens with two attached hydrogens (primary N) is 1. The van der Waals surface area contributed by atoms with Gasteiger partial charge in [-0.05, 0) is 13.3 Å². The molecule has 3 N–H and O–H groups in total. The number of sulfone groups is 1. The van der Waals surface area contributed by atoms with Crippen molar-refractivity contribution >= 4 is 9.84 Å². The van der Waals surface area contributed by atoms with Crippen molar-refractivity contribution in [2.75, 3.05) is 5.75 Å². The molecule has 2 heterocycles. The first-order valence-electron chi connectivity index (χ1n) is 5.44. The van der Waals surface area contributed by atoms with Gasteiger partial charge in [0.1, 0.15) is 5.82 Å². The summed E-state index contributed by atoms with van der Waals surface area (Å²) in [5.74, 6) is 0.344. The summed E-state index contributed by atoms with van der Waals surface area (Å²) in [4.78, 5) is 18.6. The lowest BCUT2D eigenvalue weighted by Crippen LogP contribution is -2.30. The molecule has 94 valence electrons. The molecule has 0 aliphatic carbocycles. The van der Waals surface area contributed by atoms with Gasteiger partial charge in [-0.2, -0.15) is 0 Å². The van der Waals surface area contributed by atoms with Crippen LogP contribution < -0.4 is 11.3 Å². The van der Waals surface area contributed by atoms with Gasteiger partial charge in [-0.15, -0.1) is 0 Å². The second-order valence-corrected chi connectivity index (χ2v) is 6.65. The Kier molecular flexibility index (Phi) is 3.05. The second kappa shape index (κ2) is 4.23. The Morgan fingerprint density at radius 1 is 1.53 bits per heavy atom. The number of aromatic amines is 1. The van der Waals surface area contributed by atoms with Crippen molar-refractivity contribution in [2.45, 2.75) is 31.6 Å². The van der Waals surface area contributed by atoms with Gasteiger partial charge in [0, 0.05) is 18.0 Å². The van der Waals surface area contributed by atoms with Crippen molar-refractivity contribution in [2.24, 2.45) is 5.73 Å². The van der Waals surface area contributed by atoms with Crippen LogP contribution >= 0.6 is 0 Å². The molecular weight excluding hydrogens is 242 g/mol. The minimum atomic E-state index is -3.10. The van der Waals surface area contributed by atoms with Gasteiger partial charge < -0.3 is 10.7 Å². The Bertz CT molecular complexity index is 589. The molecule has 7 heteroatoms. The minimum absolute atomic E-state index is 0.0252. The fraction of sp³-hybridized carbons (Fsp3) is 0.600. The van der Waals surface area contributed by atoms with E-state index in [1.807, 2.05) is 0 Å². The SMILES string of the molecule is CC(N)Cc1nc2c(c(=O)[nH]1)CCS(=O)(=O)C2. The van der Waals surface area contributed by atoms with Crippen molar-refractivity contribution in [1.29, 1.82) is 0 Å². The molecule has 6 nitrogen and oxygen atoms in total. The average molecular weight is 257 g/mol. The number of H-pyrrole nitrogens is 1. The molecule has 2 rings (SSSR count). The number of rotatable bonds is 2. The molecule has 0 fully saturated rings. The van der Waals surface area contributed by atoms with Gasteiger partial charge in [0.05, 0.1) is 17.2 Å². The molecule has 0 bridgehead atoms. The molecule has 17 heavy (non-hydrogen) atoms. The molecule has 0 saturated heterocycles. The predicted octanol–water partition coefficient (Wildman–Crippen LogP) is -0.869. The topological polar surface area (TPSA) is 106 Å². The van der Waals surface area contributed by atoms with Crippen LogP contribution in [0.15, 0.2) is 4.79 Å². The summed E-state index contributed by atoms with van der Waals surface area (Å²) in [6.45, 7) is 1.80. The third-order valence-electron chi connectivity index (χ3n) is 2.69. The number of aromatic nitrogens is 2. The molecule has 1 aliphatic rings.